The summed E-state index contributed by atoms with van der Waals surface area (Å²) < 4.78 is 4.64. The molecule has 3 fully saturated rings. The Balaban J connectivity index is 1.84. The van der Waals surface area contributed by atoms with E-state index in [4.69, 9.17) is 4.74 Å². The number of nitrogens with zero attached hydrogens (tertiary/aromatic N) is 2. The van der Waals surface area contributed by atoms with Gasteiger partial charge in [0.05, 0.1) is 35.8 Å². The molecule has 1 N–H and O–H groups in total. The number of alkyl halides is 1. The van der Waals surface area contributed by atoms with Gasteiger partial charge in [-0.05, 0) is 25.3 Å². The summed E-state index contributed by atoms with van der Waals surface area (Å²) in [6.07, 6.45) is 4.06. The number of benzene rings is 1. The number of carbonyl (C=O) groups excluding carboxylic acids is 3. The van der Waals surface area contributed by atoms with Gasteiger partial charge in [-0.15, -0.1) is 18.3 Å². The van der Waals surface area contributed by atoms with Gasteiger partial charge in [-0.25, -0.2) is 0 Å². The van der Waals surface area contributed by atoms with Crippen LogP contribution in [0.3, 0.4) is 0 Å². The summed E-state index contributed by atoms with van der Waals surface area (Å²) in [5, 5.41) is 10.4. The number of halogens is 1. The highest BCUT2D eigenvalue weighted by Crippen LogP contribution is 2.68. The number of hydrogen-bond donors (Lipinski definition) is 1. The first-order valence-electron chi connectivity index (χ1n) is 12.7. The summed E-state index contributed by atoms with van der Waals surface area (Å²) in [4.78, 5) is 45.1. The summed E-state index contributed by atoms with van der Waals surface area (Å²) in [5.74, 6) is -2.10. The van der Waals surface area contributed by atoms with E-state index in [-0.39, 0.29) is 41.1 Å². The number of thioether (sulfide) groups is 1. The monoisotopic (exact) mass is 578 g/mol. The second-order valence-electron chi connectivity index (χ2n) is 9.70. The lowest BCUT2D eigenvalue weighted by molar-refractivity contribution is -0.154. The Hall–Kier alpha value is -1.84. The molecule has 2 bridgehead atoms. The van der Waals surface area contributed by atoms with Gasteiger partial charge in [-0.1, -0.05) is 65.7 Å². The van der Waals surface area contributed by atoms with Crippen molar-refractivity contribution in [3.63, 3.8) is 0 Å². The number of aliphatic hydroxyl groups is 1. The normalized spacial score (nSPS) is 31.3. The number of carbonyl (C=O) groups is 3. The summed E-state index contributed by atoms with van der Waals surface area (Å²) in [5.41, 5.74) is 0.758. The second-order valence-corrected chi connectivity index (χ2v) is 12.4. The van der Waals surface area contributed by atoms with Gasteiger partial charge in [0, 0.05) is 23.2 Å². The SMILES string of the molecule is C=CCN(CCCC)C(=O)C1N([C@H](CO)c2ccccc2)C(=O)[C@@H]2[C@H](C(=O)OCC)[C@H]3SC12CC3Br. The van der Waals surface area contributed by atoms with Crippen LogP contribution in [0.15, 0.2) is 43.0 Å². The van der Waals surface area contributed by atoms with Crippen molar-refractivity contribution in [2.24, 2.45) is 11.8 Å². The fourth-order valence-electron chi connectivity index (χ4n) is 6.19. The Morgan fingerprint density at radius 1 is 1.36 bits per heavy atom. The molecule has 9 heteroatoms. The Morgan fingerprint density at radius 2 is 2.08 bits per heavy atom. The minimum absolute atomic E-state index is 0.0241. The number of amides is 2. The number of esters is 1. The Morgan fingerprint density at radius 3 is 2.69 bits per heavy atom. The van der Waals surface area contributed by atoms with Crippen molar-refractivity contribution in [2.75, 3.05) is 26.3 Å². The van der Waals surface area contributed by atoms with Crippen molar-refractivity contribution in [1.82, 2.24) is 9.80 Å². The number of aliphatic hydroxyl groups excluding tert-OH is 1. The maximum absolute atomic E-state index is 14.3. The smallest absolute Gasteiger partial charge is 0.310 e. The first kappa shape index (κ1) is 27.2. The molecule has 3 unspecified atom stereocenters. The molecular weight excluding hydrogens is 544 g/mol. The number of hydrogen-bond acceptors (Lipinski definition) is 6. The number of unbranched alkanes of at least 4 members (excludes halogenated alkanes) is 1. The molecule has 3 aliphatic rings. The van der Waals surface area contributed by atoms with Gasteiger partial charge < -0.3 is 19.6 Å². The molecule has 0 saturated carbocycles. The predicted octanol–water partition coefficient (Wildman–Crippen LogP) is 3.56. The quantitative estimate of drug-likeness (QED) is 0.245. The fourth-order valence-corrected chi connectivity index (χ4v) is 9.77. The second kappa shape index (κ2) is 11.3. The van der Waals surface area contributed by atoms with Gasteiger partial charge in [0.15, 0.2) is 0 Å². The van der Waals surface area contributed by atoms with Crippen LogP contribution in [0.1, 0.15) is 44.7 Å². The lowest BCUT2D eigenvalue weighted by atomic mass is 9.71. The average molecular weight is 580 g/mol. The summed E-state index contributed by atoms with van der Waals surface area (Å²) in [6.45, 7) is 8.51. The zero-order chi connectivity index (χ0) is 26.0. The molecule has 36 heavy (non-hydrogen) atoms. The molecule has 3 heterocycles. The molecule has 0 radical (unpaired) electrons. The van der Waals surface area contributed by atoms with E-state index < -0.39 is 28.7 Å². The standard InChI is InChI=1S/C27H35BrN2O5S/c1-4-7-14-29(13-5-2)25(33)23-27-15-18(28)22(36-27)20(26(34)35-6-3)21(27)24(32)30(23)19(16-31)17-11-9-8-10-12-17/h5,8-12,18-23,31H,2,4,6-7,13-16H2,1,3H3/t18?,19-,20+,21+,22+,23?,27?/m1/s1. The molecule has 7 atom stereocenters. The largest absolute Gasteiger partial charge is 0.466 e. The van der Waals surface area contributed by atoms with Crippen molar-refractivity contribution in [1.29, 1.82) is 0 Å². The van der Waals surface area contributed by atoms with Crippen LogP contribution in [0.2, 0.25) is 0 Å². The van der Waals surface area contributed by atoms with Gasteiger partial charge in [0.25, 0.3) is 0 Å². The van der Waals surface area contributed by atoms with Crippen molar-refractivity contribution >= 4 is 45.5 Å². The van der Waals surface area contributed by atoms with Crippen LogP contribution in [-0.4, -0.2) is 79.9 Å². The molecule has 0 aliphatic carbocycles. The van der Waals surface area contributed by atoms with E-state index in [1.54, 1.807) is 34.6 Å². The molecule has 7 nitrogen and oxygen atoms in total. The first-order valence-corrected chi connectivity index (χ1v) is 14.5. The molecule has 3 saturated heterocycles. The Bertz CT molecular complexity index is 994. The van der Waals surface area contributed by atoms with Crippen molar-refractivity contribution in [3.05, 3.63) is 48.6 Å². The van der Waals surface area contributed by atoms with Crippen molar-refractivity contribution in [2.45, 2.75) is 60.0 Å². The third-order valence-corrected chi connectivity index (χ3v) is 10.9. The van der Waals surface area contributed by atoms with Gasteiger partial charge in [0.1, 0.15) is 6.04 Å². The van der Waals surface area contributed by atoms with Crippen LogP contribution in [-0.2, 0) is 19.1 Å². The number of ether oxygens (including phenoxy) is 1. The van der Waals surface area contributed by atoms with Crippen LogP contribution in [0.4, 0.5) is 0 Å². The number of likely N-dealkylation sites (tertiary alicyclic amines) is 1. The maximum atomic E-state index is 14.3. The van der Waals surface area contributed by atoms with Crippen LogP contribution in [0, 0.1) is 11.8 Å². The maximum Gasteiger partial charge on any atom is 0.310 e. The highest BCUT2D eigenvalue weighted by Gasteiger charge is 2.76. The van der Waals surface area contributed by atoms with Gasteiger partial charge in [0.2, 0.25) is 11.8 Å². The zero-order valence-corrected chi connectivity index (χ0v) is 23.2. The number of fused-ring (bicyclic) bond motifs is 1. The van der Waals surface area contributed by atoms with Crippen LogP contribution >= 0.6 is 27.7 Å². The molecule has 4 rings (SSSR count). The molecule has 0 aromatic heterocycles. The summed E-state index contributed by atoms with van der Waals surface area (Å²) in [7, 11) is 0. The highest BCUT2D eigenvalue weighted by atomic mass is 79.9. The minimum Gasteiger partial charge on any atom is -0.466 e. The van der Waals surface area contributed by atoms with Gasteiger partial charge >= 0.3 is 5.97 Å². The third kappa shape index (κ3) is 4.41. The van der Waals surface area contributed by atoms with E-state index in [9.17, 15) is 19.5 Å². The molecule has 1 aromatic rings. The average Bonchev–Trinajstić information content (AvgIpc) is 3.46. The molecule has 2 amide bonds. The highest BCUT2D eigenvalue weighted by molar-refractivity contribution is 9.09. The van der Waals surface area contributed by atoms with Crippen LogP contribution in [0.25, 0.3) is 0 Å². The molecule has 1 aromatic carbocycles. The van der Waals surface area contributed by atoms with E-state index in [1.165, 1.54) is 0 Å². The fraction of sp³-hybridized carbons (Fsp3) is 0.593. The van der Waals surface area contributed by atoms with Crippen molar-refractivity contribution < 1.29 is 24.2 Å². The third-order valence-electron chi connectivity index (χ3n) is 7.66. The number of rotatable bonds is 11. The molecule has 3 aliphatic heterocycles. The van der Waals surface area contributed by atoms with E-state index in [2.05, 4.69) is 29.4 Å². The zero-order valence-electron chi connectivity index (χ0n) is 20.8. The van der Waals surface area contributed by atoms with Crippen molar-refractivity contribution in [3.8, 4) is 0 Å². The topological polar surface area (TPSA) is 87.2 Å². The van der Waals surface area contributed by atoms with E-state index in [0.29, 0.717) is 19.5 Å². The van der Waals surface area contributed by atoms with Crippen LogP contribution < -0.4 is 0 Å². The minimum atomic E-state index is -0.807. The predicted molar refractivity (Wildman–Crippen MR) is 144 cm³/mol. The first-order chi connectivity index (χ1) is 17.4. The summed E-state index contributed by atoms with van der Waals surface area (Å²) in [6, 6.07) is 7.81. The Labute approximate surface area is 225 Å². The molecule has 1 spiro atoms. The van der Waals surface area contributed by atoms with Crippen LogP contribution in [0.5, 0.6) is 0 Å². The lowest BCUT2D eigenvalue weighted by Gasteiger charge is -2.40. The summed E-state index contributed by atoms with van der Waals surface area (Å²) >= 11 is 5.34. The lowest BCUT2D eigenvalue weighted by Crippen LogP contribution is -2.56. The van der Waals surface area contributed by atoms with E-state index in [1.807, 2.05) is 30.3 Å². The van der Waals surface area contributed by atoms with E-state index >= 15 is 0 Å². The molecule has 196 valence electrons. The molecular formula is C27H35BrN2O5S. The van der Waals surface area contributed by atoms with Gasteiger partial charge in [-0.2, -0.15) is 0 Å². The van der Waals surface area contributed by atoms with Gasteiger partial charge in [-0.3, -0.25) is 14.4 Å². The van der Waals surface area contributed by atoms with E-state index in [0.717, 1.165) is 18.4 Å². The Kier molecular flexibility index (Phi) is 8.52.